The van der Waals surface area contributed by atoms with Gasteiger partial charge in [0.2, 0.25) is 5.95 Å². The number of hydrogen-bond acceptors (Lipinski definition) is 5. The molecule has 6 heteroatoms. The van der Waals surface area contributed by atoms with Gasteiger partial charge in [0.1, 0.15) is 0 Å². The highest BCUT2D eigenvalue weighted by atomic mass is 16.1. The lowest BCUT2D eigenvalue weighted by molar-refractivity contribution is 0.0932. The summed E-state index contributed by atoms with van der Waals surface area (Å²) in [5.74, 6) is 0.645. The molecular formula is C16H19N5O. The summed E-state index contributed by atoms with van der Waals surface area (Å²) in [5.41, 5.74) is 1.50. The van der Waals surface area contributed by atoms with Crippen LogP contribution in [-0.2, 0) is 0 Å². The van der Waals surface area contributed by atoms with Gasteiger partial charge in [0.15, 0.2) is 0 Å². The van der Waals surface area contributed by atoms with Gasteiger partial charge in [-0.15, -0.1) is 0 Å². The van der Waals surface area contributed by atoms with Crippen molar-refractivity contribution in [2.24, 2.45) is 0 Å². The molecular weight excluding hydrogens is 278 g/mol. The summed E-state index contributed by atoms with van der Waals surface area (Å²) < 4.78 is 0. The molecule has 0 aliphatic carbocycles. The fraction of sp³-hybridized carbons (Fsp3) is 0.375. The highest BCUT2D eigenvalue weighted by molar-refractivity contribution is 5.94. The van der Waals surface area contributed by atoms with E-state index < -0.39 is 0 Å². The van der Waals surface area contributed by atoms with E-state index in [0.717, 1.165) is 37.6 Å². The molecule has 2 aromatic rings. The lowest BCUT2D eigenvalue weighted by Crippen LogP contribution is -2.48. The Morgan fingerprint density at radius 1 is 1.27 bits per heavy atom. The third-order valence-electron chi connectivity index (χ3n) is 3.77. The van der Waals surface area contributed by atoms with Gasteiger partial charge in [-0.05, 0) is 38.0 Å². The zero-order valence-electron chi connectivity index (χ0n) is 12.6. The number of carbonyl (C=O) groups is 1. The number of aromatic nitrogens is 3. The third-order valence-corrected chi connectivity index (χ3v) is 3.77. The van der Waals surface area contributed by atoms with Crippen molar-refractivity contribution in [1.82, 2.24) is 20.3 Å². The van der Waals surface area contributed by atoms with E-state index in [1.807, 2.05) is 13.0 Å². The molecule has 2 aromatic heterocycles. The maximum absolute atomic E-state index is 12.3. The Morgan fingerprint density at radius 2 is 2.09 bits per heavy atom. The fourth-order valence-electron chi connectivity index (χ4n) is 2.60. The molecule has 1 unspecified atom stereocenters. The molecule has 1 aliphatic rings. The van der Waals surface area contributed by atoms with Crippen LogP contribution >= 0.6 is 0 Å². The zero-order chi connectivity index (χ0) is 15.4. The summed E-state index contributed by atoms with van der Waals surface area (Å²) in [4.78, 5) is 27.1. The van der Waals surface area contributed by atoms with Crippen molar-refractivity contribution in [3.05, 3.63) is 48.0 Å². The summed E-state index contributed by atoms with van der Waals surface area (Å²) in [6.45, 7) is 3.55. The van der Waals surface area contributed by atoms with E-state index in [4.69, 9.17) is 0 Å². The first kappa shape index (κ1) is 14.4. The van der Waals surface area contributed by atoms with E-state index in [9.17, 15) is 4.79 Å². The number of carbonyl (C=O) groups excluding carboxylic acids is 1. The minimum absolute atomic E-state index is 0.0756. The summed E-state index contributed by atoms with van der Waals surface area (Å²) >= 11 is 0. The Kier molecular flexibility index (Phi) is 4.27. The number of nitrogens with one attached hydrogen (secondary N) is 1. The summed E-state index contributed by atoms with van der Waals surface area (Å²) in [6, 6.07) is 5.56. The second-order valence-electron chi connectivity index (χ2n) is 5.50. The van der Waals surface area contributed by atoms with E-state index >= 15 is 0 Å². The smallest absolute Gasteiger partial charge is 0.253 e. The van der Waals surface area contributed by atoms with Crippen LogP contribution in [0.2, 0.25) is 0 Å². The van der Waals surface area contributed by atoms with Crippen molar-refractivity contribution in [3.8, 4) is 0 Å². The molecule has 0 radical (unpaired) electrons. The van der Waals surface area contributed by atoms with Crippen LogP contribution in [0.1, 0.15) is 28.9 Å². The van der Waals surface area contributed by atoms with Gasteiger partial charge in [-0.3, -0.25) is 9.78 Å². The molecule has 0 saturated carbocycles. The molecule has 0 spiro atoms. The molecule has 0 aromatic carbocycles. The highest BCUT2D eigenvalue weighted by Crippen LogP contribution is 2.15. The third kappa shape index (κ3) is 3.39. The van der Waals surface area contributed by atoms with Gasteiger partial charge in [0, 0.05) is 43.4 Å². The Labute approximate surface area is 129 Å². The van der Waals surface area contributed by atoms with Crippen molar-refractivity contribution in [2.45, 2.75) is 25.8 Å². The summed E-state index contributed by atoms with van der Waals surface area (Å²) in [7, 11) is 0. The Hall–Kier alpha value is -2.50. The molecule has 22 heavy (non-hydrogen) atoms. The number of anilines is 1. The predicted octanol–water partition coefficient (Wildman–Crippen LogP) is 1.58. The van der Waals surface area contributed by atoms with E-state index in [1.165, 1.54) is 0 Å². The normalized spacial score (nSPS) is 18.0. The van der Waals surface area contributed by atoms with Crippen LogP contribution in [0.15, 0.2) is 36.8 Å². The number of hydrogen-bond donors (Lipinski definition) is 1. The summed E-state index contributed by atoms with van der Waals surface area (Å²) in [6.07, 6.45) is 7.07. The van der Waals surface area contributed by atoms with Gasteiger partial charge in [-0.2, -0.15) is 0 Å². The van der Waals surface area contributed by atoms with Gasteiger partial charge < -0.3 is 10.2 Å². The molecule has 1 atom stereocenters. The van der Waals surface area contributed by atoms with Crippen LogP contribution in [0.3, 0.4) is 0 Å². The zero-order valence-corrected chi connectivity index (χ0v) is 12.6. The topological polar surface area (TPSA) is 71.0 Å². The molecule has 3 rings (SSSR count). The van der Waals surface area contributed by atoms with Crippen LogP contribution in [-0.4, -0.2) is 40.0 Å². The minimum Gasteiger partial charge on any atom is -0.347 e. The van der Waals surface area contributed by atoms with Gasteiger partial charge in [-0.25, -0.2) is 9.97 Å². The SMILES string of the molecule is Cc1ccc(C(=O)NC2CCCN(c3ncccn3)C2)cn1. The van der Waals surface area contributed by atoms with Crippen molar-refractivity contribution in [1.29, 1.82) is 0 Å². The molecule has 1 amide bonds. The van der Waals surface area contributed by atoms with Crippen LogP contribution < -0.4 is 10.2 Å². The predicted molar refractivity (Wildman–Crippen MR) is 83.7 cm³/mol. The molecule has 1 saturated heterocycles. The standard InChI is InChI=1S/C16H19N5O/c1-12-5-6-13(10-19-12)15(22)20-14-4-2-9-21(11-14)16-17-7-3-8-18-16/h3,5-8,10,14H,2,4,9,11H2,1H3,(H,20,22). The molecule has 6 nitrogen and oxygen atoms in total. The van der Waals surface area contributed by atoms with Crippen molar-refractivity contribution in [2.75, 3.05) is 18.0 Å². The van der Waals surface area contributed by atoms with E-state index in [-0.39, 0.29) is 11.9 Å². The molecule has 1 aliphatic heterocycles. The number of rotatable bonds is 3. The highest BCUT2D eigenvalue weighted by Gasteiger charge is 2.23. The van der Waals surface area contributed by atoms with Gasteiger partial charge in [0.05, 0.1) is 5.56 Å². The van der Waals surface area contributed by atoms with Crippen molar-refractivity contribution < 1.29 is 4.79 Å². The van der Waals surface area contributed by atoms with Crippen LogP contribution in [0.4, 0.5) is 5.95 Å². The number of aryl methyl sites for hydroxylation is 1. The van der Waals surface area contributed by atoms with Gasteiger partial charge in [-0.1, -0.05) is 0 Å². The lowest BCUT2D eigenvalue weighted by Gasteiger charge is -2.33. The van der Waals surface area contributed by atoms with Crippen molar-refractivity contribution >= 4 is 11.9 Å². The van der Waals surface area contributed by atoms with Gasteiger partial charge >= 0.3 is 0 Å². The van der Waals surface area contributed by atoms with Crippen LogP contribution in [0.5, 0.6) is 0 Å². The molecule has 114 valence electrons. The first-order valence-corrected chi connectivity index (χ1v) is 7.48. The second kappa shape index (κ2) is 6.51. The van der Waals surface area contributed by atoms with Crippen LogP contribution in [0.25, 0.3) is 0 Å². The first-order valence-electron chi connectivity index (χ1n) is 7.48. The van der Waals surface area contributed by atoms with E-state index in [0.29, 0.717) is 5.56 Å². The lowest BCUT2D eigenvalue weighted by atomic mass is 10.1. The monoisotopic (exact) mass is 297 g/mol. The Bertz CT molecular complexity index is 629. The van der Waals surface area contributed by atoms with Crippen molar-refractivity contribution in [3.63, 3.8) is 0 Å². The molecule has 0 bridgehead atoms. The molecule has 1 fully saturated rings. The Balaban J connectivity index is 1.63. The van der Waals surface area contributed by atoms with Crippen LogP contribution in [0, 0.1) is 6.92 Å². The maximum atomic E-state index is 12.3. The first-order chi connectivity index (χ1) is 10.7. The second-order valence-corrected chi connectivity index (χ2v) is 5.50. The molecule has 3 heterocycles. The largest absolute Gasteiger partial charge is 0.347 e. The van der Waals surface area contributed by atoms with E-state index in [1.54, 1.807) is 30.7 Å². The number of nitrogens with zero attached hydrogens (tertiary/aromatic N) is 4. The minimum atomic E-state index is -0.0756. The number of pyridine rings is 1. The average Bonchev–Trinajstić information content (AvgIpc) is 2.56. The quantitative estimate of drug-likeness (QED) is 0.931. The number of amides is 1. The summed E-state index contributed by atoms with van der Waals surface area (Å²) in [5, 5.41) is 3.08. The number of piperidine rings is 1. The van der Waals surface area contributed by atoms with Gasteiger partial charge in [0.25, 0.3) is 5.91 Å². The average molecular weight is 297 g/mol. The van der Waals surface area contributed by atoms with E-state index in [2.05, 4.69) is 25.2 Å². The fourth-order valence-corrected chi connectivity index (χ4v) is 2.60. The Morgan fingerprint density at radius 3 is 2.82 bits per heavy atom. The molecule has 1 N–H and O–H groups in total. The maximum Gasteiger partial charge on any atom is 0.253 e.